The number of aromatic nitrogens is 2. The minimum absolute atomic E-state index is 0.0202. The molecule has 8 nitrogen and oxygen atoms in total. The highest BCUT2D eigenvalue weighted by Gasteiger charge is 2.41. The third kappa shape index (κ3) is 3.74. The Morgan fingerprint density at radius 2 is 2.12 bits per heavy atom. The fraction of sp³-hybridized carbons (Fsp3) is 0.625. The molecule has 2 unspecified atom stereocenters. The van der Waals surface area contributed by atoms with Gasteiger partial charge in [0.2, 0.25) is 11.8 Å². The van der Waals surface area contributed by atoms with Gasteiger partial charge in [-0.05, 0) is 12.8 Å². The van der Waals surface area contributed by atoms with Crippen molar-refractivity contribution >= 4 is 17.8 Å². The van der Waals surface area contributed by atoms with Crippen LogP contribution in [-0.2, 0) is 21.4 Å². The number of nitrogens with zero attached hydrogens (tertiary/aromatic N) is 4. The number of amides is 2. The van der Waals surface area contributed by atoms with Crippen LogP contribution in [0, 0.1) is 5.92 Å². The summed E-state index contributed by atoms with van der Waals surface area (Å²) in [5.74, 6) is -1.72. The summed E-state index contributed by atoms with van der Waals surface area (Å²) in [5.41, 5.74) is 0.790. The summed E-state index contributed by atoms with van der Waals surface area (Å²) in [6.45, 7) is 1.97. The maximum Gasteiger partial charge on any atom is 0.323 e. The van der Waals surface area contributed by atoms with Gasteiger partial charge in [-0.2, -0.15) is 5.10 Å². The maximum absolute atomic E-state index is 13.0. The number of likely N-dealkylation sites (tertiary alicyclic amines) is 1. The van der Waals surface area contributed by atoms with Crippen molar-refractivity contribution in [1.29, 1.82) is 0 Å². The first-order chi connectivity index (χ1) is 11.3. The molecular weight excluding hydrogens is 312 g/mol. The Hall–Kier alpha value is -2.38. The normalized spacial score (nSPS) is 21.0. The van der Waals surface area contributed by atoms with E-state index in [0.29, 0.717) is 19.4 Å². The molecule has 1 N–H and O–H groups in total. The van der Waals surface area contributed by atoms with Crippen LogP contribution in [-0.4, -0.2) is 62.6 Å². The summed E-state index contributed by atoms with van der Waals surface area (Å²) in [6, 6.07) is -0.416. The van der Waals surface area contributed by atoms with E-state index in [1.165, 1.54) is 4.90 Å². The van der Waals surface area contributed by atoms with Crippen molar-refractivity contribution < 1.29 is 19.5 Å². The van der Waals surface area contributed by atoms with E-state index in [1.807, 2.05) is 6.92 Å². The molecule has 0 aliphatic carbocycles. The number of carbonyl (C=O) groups is 3. The zero-order valence-electron chi connectivity index (χ0n) is 14.3. The lowest BCUT2D eigenvalue weighted by molar-refractivity contribution is -0.151. The monoisotopic (exact) mass is 336 g/mol. The number of aryl methyl sites for hydroxylation is 1. The molecule has 1 saturated heterocycles. The smallest absolute Gasteiger partial charge is 0.323 e. The van der Waals surface area contributed by atoms with Crippen LogP contribution in [0.3, 0.4) is 0 Å². The van der Waals surface area contributed by atoms with Crippen LogP contribution >= 0.6 is 0 Å². The van der Waals surface area contributed by atoms with Gasteiger partial charge in [0.1, 0.15) is 6.54 Å². The minimum Gasteiger partial charge on any atom is -0.480 e. The highest BCUT2D eigenvalue weighted by molar-refractivity contribution is 5.87. The third-order valence-corrected chi connectivity index (χ3v) is 4.38. The van der Waals surface area contributed by atoms with Gasteiger partial charge in [-0.15, -0.1) is 0 Å². The molecule has 1 aliphatic heterocycles. The van der Waals surface area contributed by atoms with E-state index < -0.39 is 17.9 Å². The Bertz CT molecular complexity index is 627. The molecule has 1 fully saturated rings. The second-order valence-corrected chi connectivity index (χ2v) is 6.20. The van der Waals surface area contributed by atoms with Gasteiger partial charge in [-0.1, -0.05) is 6.92 Å². The lowest BCUT2D eigenvalue weighted by Crippen LogP contribution is -2.48. The Labute approximate surface area is 141 Å². The van der Waals surface area contributed by atoms with Gasteiger partial charge in [0.05, 0.1) is 18.2 Å². The first-order valence-electron chi connectivity index (χ1n) is 8.10. The van der Waals surface area contributed by atoms with E-state index in [2.05, 4.69) is 5.10 Å². The van der Waals surface area contributed by atoms with Crippen molar-refractivity contribution in [3.05, 3.63) is 18.0 Å². The van der Waals surface area contributed by atoms with E-state index in [4.69, 9.17) is 5.11 Å². The lowest BCUT2D eigenvalue weighted by Gasteiger charge is -2.39. The van der Waals surface area contributed by atoms with Gasteiger partial charge < -0.3 is 14.9 Å². The average molecular weight is 336 g/mol. The Morgan fingerprint density at radius 3 is 2.67 bits per heavy atom. The summed E-state index contributed by atoms with van der Waals surface area (Å²) in [4.78, 5) is 39.1. The number of piperidine rings is 1. The molecule has 2 amide bonds. The Balaban J connectivity index is 2.31. The maximum atomic E-state index is 13.0. The van der Waals surface area contributed by atoms with Gasteiger partial charge in [0.25, 0.3) is 0 Å². The van der Waals surface area contributed by atoms with Crippen molar-refractivity contribution in [3.63, 3.8) is 0 Å². The van der Waals surface area contributed by atoms with Crippen molar-refractivity contribution in [2.45, 2.75) is 32.2 Å². The summed E-state index contributed by atoms with van der Waals surface area (Å²) in [7, 11) is 3.46. The molecule has 132 valence electrons. The lowest BCUT2D eigenvalue weighted by atomic mass is 9.84. The molecule has 8 heteroatoms. The Kier molecular flexibility index (Phi) is 5.58. The van der Waals surface area contributed by atoms with Crippen LogP contribution in [0.25, 0.3) is 0 Å². The van der Waals surface area contributed by atoms with E-state index in [1.54, 1.807) is 36.1 Å². The molecule has 2 heterocycles. The predicted molar refractivity (Wildman–Crippen MR) is 85.9 cm³/mol. The number of rotatable bonds is 6. The molecule has 0 saturated carbocycles. The molecule has 2 rings (SSSR count). The van der Waals surface area contributed by atoms with Crippen LogP contribution in [0.4, 0.5) is 0 Å². The van der Waals surface area contributed by atoms with E-state index in [9.17, 15) is 14.4 Å². The van der Waals surface area contributed by atoms with Gasteiger partial charge >= 0.3 is 5.97 Å². The molecule has 24 heavy (non-hydrogen) atoms. The van der Waals surface area contributed by atoms with Gasteiger partial charge in [-0.25, -0.2) is 0 Å². The van der Waals surface area contributed by atoms with Crippen LogP contribution in [0.1, 0.15) is 37.8 Å². The quantitative estimate of drug-likeness (QED) is 0.823. The molecule has 0 aromatic carbocycles. The second kappa shape index (κ2) is 7.46. The fourth-order valence-electron chi connectivity index (χ4n) is 3.28. The molecule has 0 spiro atoms. The van der Waals surface area contributed by atoms with Crippen molar-refractivity contribution in [2.75, 3.05) is 20.1 Å². The largest absolute Gasteiger partial charge is 0.480 e. The summed E-state index contributed by atoms with van der Waals surface area (Å²) < 4.78 is 1.63. The second-order valence-electron chi connectivity index (χ2n) is 6.20. The van der Waals surface area contributed by atoms with Gasteiger partial charge in [0, 0.05) is 38.8 Å². The fourth-order valence-corrected chi connectivity index (χ4v) is 3.28. The van der Waals surface area contributed by atoms with Crippen molar-refractivity contribution in [1.82, 2.24) is 19.6 Å². The van der Waals surface area contributed by atoms with Gasteiger partial charge in [-0.3, -0.25) is 19.1 Å². The van der Waals surface area contributed by atoms with E-state index in [-0.39, 0.29) is 24.8 Å². The van der Waals surface area contributed by atoms with Gasteiger partial charge in [0.15, 0.2) is 0 Å². The number of carboxylic acid groups (broad SMARTS) is 1. The number of aliphatic carboxylic acids is 1. The molecule has 1 aliphatic rings. The molecular formula is C16H24N4O4. The Morgan fingerprint density at radius 1 is 1.42 bits per heavy atom. The highest BCUT2D eigenvalue weighted by Crippen LogP contribution is 2.36. The average Bonchev–Trinajstić information content (AvgIpc) is 2.94. The third-order valence-electron chi connectivity index (χ3n) is 4.38. The first-order valence-corrected chi connectivity index (χ1v) is 8.10. The van der Waals surface area contributed by atoms with Crippen molar-refractivity contribution in [3.8, 4) is 0 Å². The molecule has 1 aromatic rings. The zero-order valence-corrected chi connectivity index (χ0v) is 14.3. The minimum atomic E-state index is -1.03. The van der Waals surface area contributed by atoms with Crippen LogP contribution in [0.2, 0.25) is 0 Å². The van der Waals surface area contributed by atoms with Crippen LogP contribution in [0.15, 0.2) is 12.4 Å². The molecule has 2 atom stereocenters. The topological polar surface area (TPSA) is 95.7 Å². The zero-order chi connectivity index (χ0) is 17.9. The number of carbonyl (C=O) groups excluding carboxylic acids is 2. The SMILES string of the molecule is CCCN(CC(=O)O)C(=O)C1CCC(=O)N(C)C1c1cnn(C)c1. The van der Waals surface area contributed by atoms with Crippen LogP contribution in [0.5, 0.6) is 0 Å². The summed E-state index contributed by atoms with van der Waals surface area (Å²) >= 11 is 0. The van der Waals surface area contributed by atoms with E-state index >= 15 is 0 Å². The van der Waals surface area contributed by atoms with E-state index in [0.717, 1.165) is 5.56 Å². The standard InChI is InChI=1S/C16H24N4O4/c1-4-7-20(10-14(22)23)16(24)12-5-6-13(21)19(3)15(12)11-8-17-18(2)9-11/h8-9,12,15H,4-7,10H2,1-3H3,(H,22,23). The number of hydrogen-bond acceptors (Lipinski definition) is 4. The predicted octanol–water partition coefficient (Wildman–Crippen LogP) is 0.653. The number of hydrogen-bond donors (Lipinski definition) is 1. The molecule has 0 radical (unpaired) electrons. The van der Waals surface area contributed by atoms with Crippen molar-refractivity contribution in [2.24, 2.45) is 13.0 Å². The number of carboxylic acids is 1. The molecule has 0 bridgehead atoms. The molecule has 1 aromatic heterocycles. The first kappa shape index (κ1) is 18.0. The summed E-state index contributed by atoms with van der Waals surface area (Å²) in [5, 5.41) is 13.2. The van der Waals surface area contributed by atoms with Crippen LogP contribution < -0.4 is 0 Å². The summed E-state index contributed by atoms with van der Waals surface area (Å²) in [6.07, 6.45) is 4.83. The highest BCUT2D eigenvalue weighted by atomic mass is 16.4.